The van der Waals surface area contributed by atoms with E-state index in [0.29, 0.717) is 5.01 Å². The molecule has 0 bridgehead atoms. The number of carbonyl (C=O) groups is 1. The minimum Gasteiger partial charge on any atom is -0.485 e. The van der Waals surface area contributed by atoms with Gasteiger partial charge in [0, 0.05) is 11.1 Å². The number of thiazole rings is 1. The highest BCUT2D eigenvalue weighted by Crippen LogP contribution is 2.33. The third-order valence-corrected chi connectivity index (χ3v) is 3.85. The summed E-state index contributed by atoms with van der Waals surface area (Å²) >= 11 is 1.26. The van der Waals surface area contributed by atoms with Crippen molar-refractivity contribution in [3.63, 3.8) is 0 Å². The molecule has 1 aromatic heterocycles. The zero-order chi connectivity index (χ0) is 16.5. The van der Waals surface area contributed by atoms with Gasteiger partial charge in [0.1, 0.15) is 22.2 Å². The smallest absolute Gasteiger partial charge is 0.338 e. The van der Waals surface area contributed by atoms with E-state index in [1.807, 2.05) is 6.92 Å². The van der Waals surface area contributed by atoms with Crippen LogP contribution in [0.15, 0.2) is 18.3 Å². The monoisotopic (exact) mass is 325 g/mol. The SMILES string of the molecule is Cc1cnc(-c2cc(OC(C)(C)CO)cc(C(=O)O)c2F)s1. The molecule has 0 atom stereocenters. The molecular formula is C15H16FNO4S. The molecule has 1 aromatic carbocycles. The second-order valence-corrected chi connectivity index (χ2v) is 6.67. The number of carboxylic acid groups (broad SMARTS) is 1. The fourth-order valence-corrected chi connectivity index (χ4v) is 2.57. The largest absolute Gasteiger partial charge is 0.485 e. The Bertz CT molecular complexity index is 712. The normalized spacial score (nSPS) is 11.5. The quantitative estimate of drug-likeness (QED) is 0.883. The molecule has 0 fully saturated rings. The van der Waals surface area contributed by atoms with Crippen molar-refractivity contribution in [3.8, 4) is 16.3 Å². The van der Waals surface area contributed by atoms with Crippen molar-refractivity contribution in [2.24, 2.45) is 0 Å². The van der Waals surface area contributed by atoms with Gasteiger partial charge in [-0.1, -0.05) is 0 Å². The van der Waals surface area contributed by atoms with Crippen LogP contribution in [0.2, 0.25) is 0 Å². The van der Waals surface area contributed by atoms with Crippen LogP contribution in [0.25, 0.3) is 10.6 Å². The third kappa shape index (κ3) is 3.42. The summed E-state index contributed by atoms with van der Waals surface area (Å²) in [5, 5.41) is 18.8. The molecule has 5 nitrogen and oxygen atoms in total. The first-order valence-corrected chi connectivity index (χ1v) is 7.34. The Morgan fingerprint density at radius 3 is 2.64 bits per heavy atom. The fourth-order valence-electron chi connectivity index (χ4n) is 1.80. The van der Waals surface area contributed by atoms with Crippen LogP contribution >= 0.6 is 11.3 Å². The van der Waals surface area contributed by atoms with E-state index in [-0.39, 0.29) is 17.9 Å². The van der Waals surface area contributed by atoms with E-state index in [1.54, 1.807) is 20.0 Å². The van der Waals surface area contributed by atoms with Crippen molar-refractivity contribution in [2.75, 3.05) is 6.61 Å². The number of carboxylic acids is 1. The van der Waals surface area contributed by atoms with Crippen molar-refractivity contribution in [3.05, 3.63) is 34.6 Å². The van der Waals surface area contributed by atoms with Crippen molar-refractivity contribution >= 4 is 17.3 Å². The molecule has 118 valence electrons. The summed E-state index contributed by atoms with van der Waals surface area (Å²) in [6.07, 6.45) is 1.59. The molecule has 2 aromatic rings. The molecule has 0 saturated carbocycles. The molecule has 0 spiro atoms. The van der Waals surface area contributed by atoms with Crippen molar-refractivity contribution in [1.82, 2.24) is 4.98 Å². The van der Waals surface area contributed by atoms with Crippen molar-refractivity contribution in [1.29, 1.82) is 0 Å². The standard InChI is InChI=1S/C15H16FNO4S/c1-8-6-17-13(22-8)10-4-9(21-15(2,3)7-18)5-11(12(10)16)14(19)20/h4-6,18H,7H2,1-3H3,(H,19,20). The molecule has 2 N–H and O–H groups in total. The van der Waals surface area contributed by atoms with Crippen LogP contribution in [-0.2, 0) is 0 Å². The van der Waals surface area contributed by atoms with Gasteiger partial charge in [-0.15, -0.1) is 11.3 Å². The van der Waals surface area contributed by atoms with Crippen LogP contribution in [0.5, 0.6) is 5.75 Å². The molecule has 0 radical (unpaired) electrons. The first-order chi connectivity index (χ1) is 10.2. The fraction of sp³-hybridized carbons (Fsp3) is 0.333. The number of aromatic carboxylic acids is 1. The Hall–Kier alpha value is -1.99. The number of hydrogen-bond donors (Lipinski definition) is 2. The summed E-state index contributed by atoms with van der Waals surface area (Å²) in [5.41, 5.74) is -1.33. The van der Waals surface area contributed by atoms with E-state index in [9.17, 15) is 14.3 Å². The number of aromatic nitrogens is 1. The van der Waals surface area contributed by atoms with Crippen LogP contribution < -0.4 is 4.74 Å². The molecule has 22 heavy (non-hydrogen) atoms. The number of ether oxygens (including phenoxy) is 1. The number of benzene rings is 1. The van der Waals surface area contributed by atoms with Crippen molar-refractivity contribution in [2.45, 2.75) is 26.4 Å². The second kappa shape index (κ2) is 6.02. The molecule has 0 aliphatic heterocycles. The molecule has 7 heteroatoms. The summed E-state index contributed by atoms with van der Waals surface area (Å²) in [6.45, 7) is 4.85. The van der Waals surface area contributed by atoms with E-state index in [4.69, 9.17) is 9.84 Å². The van der Waals surface area contributed by atoms with Crippen molar-refractivity contribution < 1.29 is 24.1 Å². The maximum absolute atomic E-state index is 14.4. The van der Waals surface area contributed by atoms with Gasteiger partial charge in [-0.2, -0.15) is 0 Å². The molecule has 0 amide bonds. The predicted molar refractivity (Wildman–Crippen MR) is 81.0 cm³/mol. The summed E-state index contributed by atoms with van der Waals surface area (Å²) in [5.74, 6) is -2.07. The van der Waals surface area contributed by atoms with E-state index in [0.717, 1.165) is 10.9 Å². The van der Waals surface area contributed by atoms with Gasteiger partial charge in [0.15, 0.2) is 0 Å². The highest BCUT2D eigenvalue weighted by molar-refractivity contribution is 7.14. The Morgan fingerprint density at radius 1 is 1.45 bits per heavy atom. The van der Waals surface area contributed by atoms with Crippen LogP contribution in [0.4, 0.5) is 4.39 Å². The molecule has 1 heterocycles. The van der Waals surface area contributed by atoms with Gasteiger partial charge in [0.2, 0.25) is 0 Å². The molecule has 2 rings (SSSR count). The molecule has 0 saturated heterocycles. The van der Waals surface area contributed by atoms with Gasteiger partial charge < -0.3 is 14.9 Å². The van der Waals surface area contributed by atoms with E-state index < -0.39 is 23.0 Å². The molecule has 0 unspecified atom stereocenters. The van der Waals surface area contributed by atoms with Gasteiger partial charge in [-0.25, -0.2) is 14.2 Å². The average molecular weight is 325 g/mol. The van der Waals surface area contributed by atoms with Crippen LogP contribution in [0.3, 0.4) is 0 Å². The predicted octanol–water partition coefficient (Wildman–Crippen LogP) is 3.11. The third-order valence-electron chi connectivity index (χ3n) is 2.90. The lowest BCUT2D eigenvalue weighted by molar-refractivity contribution is 0.0409. The van der Waals surface area contributed by atoms with Crippen LogP contribution in [0, 0.1) is 12.7 Å². The number of aliphatic hydroxyl groups is 1. The summed E-state index contributed by atoms with van der Waals surface area (Å²) in [7, 11) is 0. The number of aryl methyl sites for hydroxylation is 1. The number of rotatable bonds is 5. The van der Waals surface area contributed by atoms with E-state index in [2.05, 4.69) is 4.98 Å². The Labute approximate surface area is 131 Å². The zero-order valence-corrected chi connectivity index (χ0v) is 13.2. The van der Waals surface area contributed by atoms with E-state index >= 15 is 0 Å². The Kier molecular flexibility index (Phi) is 4.48. The Balaban J connectivity index is 2.57. The maximum atomic E-state index is 14.4. The summed E-state index contributed by atoms with van der Waals surface area (Å²) in [4.78, 5) is 16.2. The lowest BCUT2D eigenvalue weighted by atomic mass is 10.1. The average Bonchev–Trinajstić information content (AvgIpc) is 2.86. The van der Waals surface area contributed by atoms with Gasteiger partial charge in [-0.05, 0) is 32.9 Å². The number of nitrogens with zero attached hydrogens (tertiary/aromatic N) is 1. The summed E-state index contributed by atoms with van der Waals surface area (Å²) in [6, 6.07) is 2.51. The topological polar surface area (TPSA) is 79.7 Å². The highest BCUT2D eigenvalue weighted by Gasteiger charge is 2.23. The molecule has 0 aliphatic rings. The second-order valence-electron chi connectivity index (χ2n) is 5.43. The van der Waals surface area contributed by atoms with Crippen LogP contribution in [0.1, 0.15) is 29.1 Å². The zero-order valence-electron chi connectivity index (χ0n) is 12.4. The lowest BCUT2D eigenvalue weighted by Gasteiger charge is -2.24. The first kappa shape index (κ1) is 16.4. The molecular weight excluding hydrogens is 309 g/mol. The lowest BCUT2D eigenvalue weighted by Crippen LogP contribution is -2.32. The van der Waals surface area contributed by atoms with Crippen LogP contribution in [-0.4, -0.2) is 33.4 Å². The van der Waals surface area contributed by atoms with Gasteiger partial charge in [-0.3, -0.25) is 0 Å². The van der Waals surface area contributed by atoms with Gasteiger partial charge in [0.25, 0.3) is 0 Å². The summed E-state index contributed by atoms with van der Waals surface area (Å²) < 4.78 is 20.0. The van der Waals surface area contributed by atoms with Gasteiger partial charge >= 0.3 is 5.97 Å². The van der Waals surface area contributed by atoms with E-state index in [1.165, 1.54) is 17.4 Å². The number of halogens is 1. The number of aliphatic hydroxyl groups excluding tert-OH is 1. The first-order valence-electron chi connectivity index (χ1n) is 6.53. The number of hydrogen-bond acceptors (Lipinski definition) is 5. The Morgan fingerprint density at radius 2 is 2.14 bits per heavy atom. The maximum Gasteiger partial charge on any atom is 0.338 e. The highest BCUT2D eigenvalue weighted by atomic mass is 32.1. The molecule has 0 aliphatic carbocycles. The minimum absolute atomic E-state index is 0.0711. The minimum atomic E-state index is -1.39. The van der Waals surface area contributed by atoms with Gasteiger partial charge in [0.05, 0.1) is 17.7 Å².